The first kappa shape index (κ1) is 12.7. The van der Waals surface area contributed by atoms with Crippen molar-refractivity contribution < 1.29 is 0 Å². The Hall–Kier alpha value is -0.340. The van der Waals surface area contributed by atoms with Gasteiger partial charge in [-0.3, -0.25) is 0 Å². The van der Waals surface area contributed by atoms with Crippen LogP contribution in [-0.2, 0) is 11.2 Å². The van der Waals surface area contributed by atoms with Gasteiger partial charge in [0.25, 0.3) is 0 Å². The fourth-order valence-electron chi connectivity index (χ4n) is 1.38. The highest BCUT2D eigenvalue weighted by Crippen LogP contribution is 2.32. The molecule has 1 nitrogen and oxygen atoms in total. The number of halogens is 1. The van der Waals surface area contributed by atoms with E-state index < -0.39 is 0 Å². The maximum Gasteiger partial charge on any atom is 0.0641 e. The van der Waals surface area contributed by atoms with E-state index in [2.05, 4.69) is 33.1 Å². The van der Waals surface area contributed by atoms with Gasteiger partial charge in [-0.25, -0.2) is 0 Å². The zero-order valence-electron chi connectivity index (χ0n) is 9.73. The average molecular weight is 244 g/mol. The molecule has 0 heterocycles. The van der Waals surface area contributed by atoms with Crippen molar-refractivity contribution in [3.63, 3.8) is 0 Å². The first-order chi connectivity index (χ1) is 6.86. The fraction of sp³-hybridized carbons (Fsp3) is 0.500. The molecule has 0 saturated heterocycles. The number of nitrogen functional groups attached to an aromatic ring is 1. The quantitative estimate of drug-likeness (QED) is 0.792. The second kappa shape index (κ2) is 4.67. The number of rotatable bonds is 2. The molecule has 3 heteroatoms. The molecule has 2 N–H and O–H groups in total. The first-order valence-electron chi connectivity index (χ1n) is 4.93. The summed E-state index contributed by atoms with van der Waals surface area (Å²) in [5.74, 6) is 0.912. The van der Waals surface area contributed by atoms with E-state index in [-0.39, 0.29) is 5.41 Å². The average Bonchev–Trinajstić information content (AvgIpc) is 2.11. The van der Waals surface area contributed by atoms with Gasteiger partial charge in [0, 0.05) is 5.75 Å². The van der Waals surface area contributed by atoms with Crippen LogP contribution in [0.15, 0.2) is 12.1 Å². The largest absolute Gasteiger partial charge is 0.397 e. The van der Waals surface area contributed by atoms with E-state index in [4.69, 9.17) is 17.3 Å². The highest BCUT2D eigenvalue weighted by atomic mass is 35.5. The number of hydrogen-bond acceptors (Lipinski definition) is 2. The molecule has 0 aromatic heterocycles. The molecule has 0 bridgehead atoms. The predicted molar refractivity (Wildman–Crippen MR) is 71.8 cm³/mol. The van der Waals surface area contributed by atoms with Crippen molar-refractivity contribution in [1.29, 1.82) is 0 Å². The van der Waals surface area contributed by atoms with E-state index in [9.17, 15) is 0 Å². The zero-order valence-corrected chi connectivity index (χ0v) is 11.3. The summed E-state index contributed by atoms with van der Waals surface area (Å²) in [5.41, 5.74) is 9.15. The minimum atomic E-state index is 0.116. The Labute approximate surface area is 101 Å². The van der Waals surface area contributed by atoms with E-state index in [1.54, 1.807) is 11.8 Å². The molecular weight excluding hydrogens is 226 g/mol. The molecule has 84 valence electrons. The van der Waals surface area contributed by atoms with Crippen LogP contribution in [0, 0.1) is 0 Å². The van der Waals surface area contributed by atoms with E-state index in [1.165, 1.54) is 5.56 Å². The molecule has 15 heavy (non-hydrogen) atoms. The van der Waals surface area contributed by atoms with E-state index in [0.717, 1.165) is 17.0 Å². The smallest absolute Gasteiger partial charge is 0.0641 e. The van der Waals surface area contributed by atoms with Crippen LogP contribution in [0.4, 0.5) is 5.69 Å². The van der Waals surface area contributed by atoms with Crippen molar-refractivity contribution in [3.8, 4) is 0 Å². The topological polar surface area (TPSA) is 26.0 Å². The summed E-state index contributed by atoms with van der Waals surface area (Å²) in [6.45, 7) is 6.53. The lowest BCUT2D eigenvalue weighted by atomic mass is 9.86. The van der Waals surface area contributed by atoms with Crippen LogP contribution in [0.1, 0.15) is 31.9 Å². The monoisotopic (exact) mass is 243 g/mol. The molecule has 0 atom stereocenters. The third-order valence-electron chi connectivity index (χ3n) is 2.38. The van der Waals surface area contributed by atoms with Crippen molar-refractivity contribution in [2.75, 3.05) is 12.0 Å². The molecule has 0 unspecified atom stereocenters. The number of anilines is 1. The molecule has 0 radical (unpaired) electrons. The fourth-order valence-corrected chi connectivity index (χ4v) is 2.17. The Balaban J connectivity index is 3.23. The van der Waals surface area contributed by atoms with Gasteiger partial charge in [0.2, 0.25) is 0 Å². The van der Waals surface area contributed by atoms with Crippen molar-refractivity contribution in [3.05, 3.63) is 28.3 Å². The van der Waals surface area contributed by atoms with E-state index in [1.807, 2.05) is 6.07 Å². The number of nitrogens with two attached hydrogens (primary N) is 1. The lowest BCUT2D eigenvalue weighted by Gasteiger charge is -2.21. The van der Waals surface area contributed by atoms with E-state index >= 15 is 0 Å². The molecule has 0 aliphatic rings. The Kier molecular flexibility index (Phi) is 3.96. The van der Waals surface area contributed by atoms with Gasteiger partial charge < -0.3 is 5.73 Å². The third-order valence-corrected chi connectivity index (χ3v) is 3.29. The van der Waals surface area contributed by atoms with Gasteiger partial charge >= 0.3 is 0 Å². The van der Waals surface area contributed by atoms with Crippen LogP contribution in [-0.4, -0.2) is 6.26 Å². The summed E-state index contributed by atoms with van der Waals surface area (Å²) < 4.78 is 0. The zero-order chi connectivity index (χ0) is 11.6. The van der Waals surface area contributed by atoms with Crippen molar-refractivity contribution in [2.24, 2.45) is 0 Å². The highest BCUT2D eigenvalue weighted by Gasteiger charge is 2.16. The summed E-state index contributed by atoms with van der Waals surface area (Å²) >= 11 is 7.88. The summed E-state index contributed by atoms with van der Waals surface area (Å²) in [6, 6.07) is 4.14. The molecule has 1 aromatic carbocycles. The summed E-state index contributed by atoms with van der Waals surface area (Å²) in [4.78, 5) is 0. The lowest BCUT2D eigenvalue weighted by Crippen LogP contribution is -2.12. The Bertz CT molecular complexity index is 355. The van der Waals surface area contributed by atoms with Crippen molar-refractivity contribution in [2.45, 2.75) is 31.9 Å². The molecule has 0 saturated carbocycles. The molecule has 0 spiro atoms. The number of benzene rings is 1. The van der Waals surface area contributed by atoms with Gasteiger partial charge in [-0.05, 0) is 28.9 Å². The van der Waals surface area contributed by atoms with Crippen LogP contribution >= 0.6 is 23.4 Å². The number of hydrogen-bond donors (Lipinski definition) is 1. The molecular formula is C12H18ClNS. The molecule has 0 fully saturated rings. The lowest BCUT2D eigenvalue weighted by molar-refractivity contribution is 0.590. The first-order valence-corrected chi connectivity index (χ1v) is 6.70. The predicted octanol–water partition coefficient (Wildman–Crippen LogP) is 4.08. The van der Waals surface area contributed by atoms with Crippen LogP contribution in [0.5, 0.6) is 0 Å². The molecule has 1 rings (SSSR count). The van der Waals surface area contributed by atoms with Crippen LogP contribution in [0.3, 0.4) is 0 Å². The van der Waals surface area contributed by atoms with Crippen LogP contribution in [0.2, 0.25) is 5.02 Å². The normalized spacial score (nSPS) is 11.8. The third kappa shape index (κ3) is 3.05. The Morgan fingerprint density at radius 3 is 2.40 bits per heavy atom. The summed E-state index contributed by atoms with van der Waals surface area (Å²) in [5, 5.41) is 0.673. The van der Waals surface area contributed by atoms with Gasteiger partial charge in [-0.1, -0.05) is 38.4 Å². The summed E-state index contributed by atoms with van der Waals surface area (Å²) in [6.07, 6.45) is 2.07. The Morgan fingerprint density at radius 2 is 1.93 bits per heavy atom. The second-order valence-corrected chi connectivity index (χ2v) is 5.99. The van der Waals surface area contributed by atoms with E-state index in [0.29, 0.717) is 5.02 Å². The molecule has 0 aliphatic heterocycles. The molecule has 0 aliphatic carbocycles. The standard InChI is InChI=1S/C12H18ClNS/c1-12(2,3)9-5-8(7-15-4)11(14)10(13)6-9/h5-6H,7,14H2,1-4H3. The van der Waals surface area contributed by atoms with Crippen LogP contribution < -0.4 is 5.73 Å². The Morgan fingerprint density at radius 1 is 1.33 bits per heavy atom. The highest BCUT2D eigenvalue weighted by molar-refractivity contribution is 7.97. The molecule has 1 aromatic rings. The second-order valence-electron chi connectivity index (χ2n) is 4.71. The van der Waals surface area contributed by atoms with Crippen LogP contribution in [0.25, 0.3) is 0 Å². The van der Waals surface area contributed by atoms with Gasteiger partial charge in [-0.2, -0.15) is 11.8 Å². The summed E-state index contributed by atoms with van der Waals surface area (Å²) in [7, 11) is 0. The van der Waals surface area contributed by atoms with Crippen molar-refractivity contribution >= 4 is 29.1 Å². The maximum atomic E-state index is 6.13. The SMILES string of the molecule is CSCc1cc(C(C)(C)C)cc(Cl)c1N. The number of thioether (sulfide) groups is 1. The van der Waals surface area contributed by atoms with Gasteiger partial charge in [-0.15, -0.1) is 0 Å². The molecule has 0 amide bonds. The van der Waals surface area contributed by atoms with Gasteiger partial charge in [0.1, 0.15) is 0 Å². The van der Waals surface area contributed by atoms with Gasteiger partial charge in [0.05, 0.1) is 10.7 Å². The van der Waals surface area contributed by atoms with Gasteiger partial charge in [0.15, 0.2) is 0 Å². The maximum absolute atomic E-state index is 6.13. The minimum Gasteiger partial charge on any atom is -0.397 e. The van der Waals surface area contributed by atoms with Crippen molar-refractivity contribution in [1.82, 2.24) is 0 Å². The minimum absolute atomic E-state index is 0.116.